The molecule has 0 fully saturated rings. The van der Waals surface area contributed by atoms with Crippen molar-refractivity contribution in [2.24, 2.45) is 0 Å². The van der Waals surface area contributed by atoms with Gasteiger partial charge in [-0.05, 0) is 7.05 Å². The molecule has 0 atom stereocenters. The van der Waals surface area contributed by atoms with Crippen LogP contribution in [0.2, 0.25) is 0 Å². The van der Waals surface area contributed by atoms with E-state index in [1.165, 1.54) is 0 Å². The first kappa shape index (κ1) is 17.8. The smallest absolute Gasteiger partial charge is 0.0701 e. The van der Waals surface area contributed by atoms with Crippen LogP contribution in [-0.2, 0) is 23.7 Å². The number of methoxy groups -OCH3 is 1. The fraction of sp³-hybridized carbons (Fsp3) is 1.00. The van der Waals surface area contributed by atoms with Crippen molar-refractivity contribution in [3.05, 3.63) is 0 Å². The first-order valence-electron chi connectivity index (χ1n) is 6.36. The van der Waals surface area contributed by atoms with Gasteiger partial charge in [0, 0.05) is 13.7 Å². The maximum absolute atomic E-state index is 5.33. The summed E-state index contributed by atoms with van der Waals surface area (Å²) in [6.07, 6.45) is 0. The molecule has 6 nitrogen and oxygen atoms in total. The summed E-state index contributed by atoms with van der Waals surface area (Å²) in [6, 6.07) is 0. The van der Waals surface area contributed by atoms with E-state index in [0.29, 0.717) is 52.9 Å². The Morgan fingerprint density at radius 2 is 1.00 bits per heavy atom. The summed E-state index contributed by atoms with van der Waals surface area (Å²) < 4.78 is 26.0. The van der Waals surface area contributed by atoms with Crippen molar-refractivity contribution in [3.63, 3.8) is 0 Å². The minimum atomic E-state index is 0.587. The summed E-state index contributed by atoms with van der Waals surface area (Å²) in [5.74, 6) is 0. The summed E-state index contributed by atoms with van der Waals surface area (Å²) in [4.78, 5) is 0. The van der Waals surface area contributed by atoms with Gasteiger partial charge in [0.2, 0.25) is 0 Å². The molecule has 0 aromatic rings. The molecule has 0 aromatic heterocycles. The van der Waals surface area contributed by atoms with Gasteiger partial charge in [-0.1, -0.05) is 0 Å². The summed E-state index contributed by atoms with van der Waals surface area (Å²) in [5, 5.41) is 3.01. The third-order valence-electron chi connectivity index (χ3n) is 2.04. The standard InChI is InChI=1S/C12H27NO5/c1-13-3-4-15-7-8-17-11-12-18-10-9-16-6-5-14-2/h13H,3-12H2,1-2H3. The van der Waals surface area contributed by atoms with Crippen LogP contribution in [0.5, 0.6) is 0 Å². The zero-order valence-corrected chi connectivity index (χ0v) is 11.6. The maximum Gasteiger partial charge on any atom is 0.0701 e. The second kappa shape index (κ2) is 16.8. The molecule has 0 saturated heterocycles. The van der Waals surface area contributed by atoms with Crippen molar-refractivity contribution in [1.82, 2.24) is 5.32 Å². The maximum atomic E-state index is 5.33. The lowest BCUT2D eigenvalue weighted by atomic mass is 10.6. The quantitative estimate of drug-likeness (QED) is 0.418. The highest BCUT2D eigenvalue weighted by Gasteiger charge is 1.92. The zero-order chi connectivity index (χ0) is 13.3. The van der Waals surface area contributed by atoms with E-state index in [1.807, 2.05) is 7.05 Å². The Kier molecular flexibility index (Phi) is 16.5. The van der Waals surface area contributed by atoms with Gasteiger partial charge in [0.15, 0.2) is 0 Å². The van der Waals surface area contributed by atoms with Gasteiger partial charge < -0.3 is 29.0 Å². The normalized spacial score (nSPS) is 11.0. The lowest BCUT2D eigenvalue weighted by Crippen LogP contribution is -2.17. The van der Waals surface area contributed by atoms with Gasteiger partial charge >= 0.3 is 0 Å². The van der Waals surface area contributed by atoms with Gasteiger partial charge in [-0.3, -0.25) is 0 Å². The van der Waals surface area contributed by atoms with Crippen LogP contribution >= 0.6 is 0 Å². The molecule has 110 valence electrons. The van der Waals surface area contributed by atoms with E-state index in [1.54, 1.807) is 7.11 Å². The third-order valence-corrected chi connectivity index (χ3v) is 2.04. The highest BCUT2D eigenvalue weighted by molar-refractivity contribution is 4.37. The van der Waals surface area contributed by atoms with Crippen LogP contribution in [0.3, 0.4) is 0 Å². The second-order valence-corrected chi connectivity index (χ2v) is 3.55. The predicted octanol–water partition coefficient (Wildman–Crippen LogP) is -0.0814. The van der Waals surface area contributed by atoms with E-state index in [9.17, 15) is 0 Å². The Bertz CT molecular complexity index is 132. The molecule has 0 spiro atoms. The molecule has 0 rings (SSSR count). The van der Waals surface area contributed by atoms with Crippen molar-refractivity contribution in [3.8, 4) is 0 Å². The summed E-state index contributed by atoms with van der Waals surface area (Å²) in [6.45, 7) is 6.41. The number of likely N-dealkylation sites (N-methyl/N-ethyl adjacent to an activating group) is 1. The summed E-state index contributed by atoms with van der Waals surface area (Å²) in [5.41, 5.74) is 0. The zero-order valence-electron chi connectivity index (χ0n) is 11.6. The minimum Gasteiger partial charge on any atom is -0.382 e. The van der Waals surface area contributed by atoms with E-state index in [0.717, 1.165) is 13.2 Å². The van der Waals surface area contributed by atoms with Crippen molar-refractivity contribution in [1.29, 1.82) is 0 Å². The number of hydrogen-bond donors (Lipinski definition) is 1. The molecule has 0 radical (unpaired) electrons. The molecule has 0 aliphatic carbocycles. The van der Waals surface area contributed by atoms with Crippen molar-refractivity contribution >= 4 is 0 Å². The average Bonchev–Trinajstić information content (AvgIpc) is 2.39. The van der Waals surface area contributed by atoms with Crippen LogP contribution in [0.15, 0.2) is 0 Å². The van der Waals surface area contributed by atoms with Gasteiger partial charge in [0.05, 0.1) is 59.5 Å². The van der Waals surface area contributed by atoms with E-state index in [-0.39, 0.29) is 0 Å². The molecule has 6 heteroatoms. The monoisotopic (exact) mass is 265 g/mol. The largest absolute Gasteiger partial charge is 0.382 e. The summed E-state index contributed by atoms with van der Waals surface area (Å²) in [7, 11) is 3.55. The van der Waals surface area contributed by atoms with Crippen LogP contribution in [-0.4, -0.2) is 80.2 Å². The molecule has 0 aliphatic rings. The first-order chi connectivity index (χ1) is 8.91. The van der Waals surface area contributed by atoms with Crippen molar-refractivity contribution in [2.45, 2.75) is 0 Å². The fourth-order valence-corrected chi connectivity index (χ4v) is 1.08. The third kappa shape index (κ3) is 15.8. The number of hydrogen-bond acceptors (Lipinski definition) is 6. The van der Waals surface area contributed by atoms with Gasteiger partial charge in [-0.2, -0.15) is 0 Å². The van der Waals surface area contributed by atoms with Crippen molar-refractivity contribution in [2.75, 3.05) is 80.2 Å². The Labute approximate surface area is 110 Å². The average molecular weight is 265 g/mol. The minimum absolute atomic E-state index is 0.587. The Morgan fingerprint density at radius 3 is 1.39 bits per heavy atom. The molecule has 1 N–H and O–H groups in total. The van der Waals surface area contributed by atoms with Gasteiger partial charge in [-0.15, -0.1) is 0 Å². The molecular weight excluding hydrogens is 238 g/mol. The number of ether oxygens (including phenoxy) is 5. The Morgan fingerprint density at radius 1 is 0.611 bits per heavy atom. The van der Waals surface area contributed by atoms with Crippen molar-refractivity contribution < 1.29 is 23.7 Å². The molecular formula is C12H27NO5. The topological polar surface area (TPSA) is 58.2 Å². The fourth-order valence-electron chi connectivity index (χ4n) is 1.08. The Hall–Kier alpha value is -0.240. The molecule has 0 unspecified atom stereocenters. The predicted molar refractivity (Wildman–Crippen MR) is 69.1 cm³/mol. The van der Waals surface area contributed by atoms with Crippen LogP contribution in [0.1, 0.15) is 0 Å². The van der Waals surface area contributed by atoms with Crippen LogP contribution in [0.4, 0.5) is 0 Å². The number of nitrogens with one attached hydrogen (secondary N) is 1. The van der Waals surface area contributed by atoms with E-state index in [2.05, 4.69) is 5.32 Å². The highest BCUT2D eigenvalue weighted by Crippen LogP contribution is 1.82. The molecule has 0 saturated carbocycles. The molecule has 0 heterocycles. The van der Waals surface area contributed by atoms with Gasteiger partial charge in [0.25, 0.3) is 0 Å². The molecule has 0 amide bonds. The van der Waals surface area contributed by atoms with Crippen LogP contribution in [0, 0.1) is 0 Å². The lowest BCUT2D eigenvalue weighted by Gasteiger charge is -2.07. The lowest BCUT2D eigenvalue weighted by molar-refractivity contribution is -0.00742. The first-order valence-corrected chi connectivity index (χ1v) is 6.36. The van der Waals surface area contributed by atoms with E-state index < -0.39 is 0 Å². The van der Waals surface area contributed by atoms with Gasteiger partial charge in [0.1, 0.15) is 0 Å². The van der Waals surface area contributed by atoms with E-state index in [4.69, 9.17) is 23.7 Å². The second-order valence-electron chi connectivity index (χ2n) is 3.55. The van der Waals surface area contributed by atoms with E-state index >= 15 is 0 Å². The van der Waals surface area contributed by atoms with Crippen LogP contribution < -0.4 is 5.32 Å². The SMILES string of the molecule is CNCCOCCOCCOCCOCCOC. The Balaban J connectivity index is 2.86. The van der Waals surface area contributed by atoms with Gasteiger partial charge in [-0.25, -0.2) is 0 Å². The highest BCUT2D eigenvalue weighted by atomic mass is 16.6. The molecule has 0 aliphatic heterocycles. The molecule has 0 bridgehead atoms. The molecule has 0 aromatic carbocycles. The number of rotatable bonds is 15. The summed E-state index contributed by atoms with van der Waals surface area (Å²) >= 11 is 0. The van der Waals surface area contributed by atoms with Crippen LogP contribution in [0.25, 0.3) is 0 Å². The molecule has 18 heavy (non-hydrogen) atoms.